The molecule has 3 rings (SSSR count). The van der Waals surface area contributed by atoms with Crippen LogP contribution in [0.5, 0.6) is 0 Å². The fourth-order valence-corrected chi connectivity index (χ4v) is 2.64. The molecule has 1 aliphatic rings. The SMILES string of the molecule is CNc1cc(-c2ccc(C)s2)nc(C2CC2)n1. The first-order valence-electron chi connectivity index (χ1n) is 5.90. The number of hydrogen-bond acceptors (Lipinski definition) is 4. The van der Waals surface area contributed by atoms with E-state index in [4.69, 9.17) is 0 Å². The van der Waals surface area contributed by atoms with E-state index >= 15 is 0 Å². The van der Waals surface area contributed by atoms with E-state index in [1.54, 1.807) is 11.3 Å². The van der Waals surface area contributed by atoms with Gasteiger partial charge in [-0.2, -0.15) is 0 Å². The van der Waals surface area contributed by atoms with Gasteiger partial charge in [-0.05, 0) is 31.9 Å². The van der Waals surface area contributed by atoms with Crippen molar-refractivity contribution >= 4 is 17.2 Å². The first kappa shape index (κ1) is 10.7. The molecule has 1 aliphatic carbocycles. The minimum atomic E-state index is 0.586. The predicted octanol–water partition coefficient (Wildman–Crippen LogP) is 3.43. The number of nitrogens with one attached hydrogen (secondary N) is 1. The van der Waals surface area contributed by atoms with Crippen LogP contribution in [-0.2, 0) is 0 Å². The Morgan fingerprint density at radius 2 is 2.12 bits per heavy atom. The van der Waals surface area contributed by atoms with Crippen molar-refractivity contribution in [2.24, 2.45) is 0 Å². The highest BCUT2D eigenvalue weighted by Gasteiger charge is 2.27. The third-order valence-electron chi connectivity index (χ3n) is 2.93. The number of aromatic nitrogens is 2. The van der Waals surface area contributed by atoms with Crippen molar-refractivity contribution in [3.8, 4) is 10.6 Å². The largest absolute Gasteiger partial charge is 0.373 e. The van der Waals surface area contributed by atoms with E-state index in [9.17, 15) is 0 Å². The number of thiophene rings is 1. The van der Waals surface area contributed by atoms with Crippen molar-refractivity contribution in [1.82, 2.24) is 9.97 Å². The molecule has 1 saturated carbocycles. The Kier molecular flexibility index (Phi) is 2.59. The van der Waals surface area contributed by atoms with Crippen LogP contribution in [0.3, 0.4) is 0 Å². The Morgan fingerprint density at radius 1 is 1.29 bits per heavy atom. The molecule has 4 heteroatoms. The maximum atomic E-state index is 4.69. The number of hydrogen-bond donors (Lipinski definition) is 1. The van der Waals surface area contributed by atoms with Gasteiger partial charge in [0.2, 0.25) is 0 Å². The zero-order valence-electron chi connectivity index (χ0n) is 10.0. The minimum Gasteiger partial charge on any atom is -0.373 e. The first-order valence-corrected chi connectivity index (χ1v) is 6.71. The monoisotopic (exact) mass is 245 g/mol. The van der Waals surface area contributed by atoms with Gasteiger partial charge in [0.15, 0.2) is 0 Å². The van der Waals surface area contributed by atoms with Crippen LogP contribution >= 0.6 is 11.3 Å². The average Bonchev–Trinajstić information content (AvgIpc) is 3.11. The molecule has 1 fully saturated rings. The molecule has 0 radical (unpaired) electrons. The summed E-state index contributed by atoms with van der Waals surface area (Å²) in [5.74, 6) is 2.50. The van der Waals surface area contributed by atoms with Crippen LogP contribution in [0, 0.1) is 6.92 Å². The summed E-state index contributed by atoms with van der Waals surface area (Å²) < 4.78 is 0. The van der Waals surface area contributed by atoms with Crippen LogP contribution in [0.4, 0.5) is 5.82 Å². The molecule has 2 aromatic rings. The number of aryl methyl sites for hydroxylation is 1. The van der Waals surface area contributed by atoms with E-state index in [0.29, 0.717) is 5.92 Å². The third kappa shape index (κ3) is 2.17. The molecule has 0 atom stereocenters. The lowest BCUT2D eigenvalue weighted by atomic mass is 10.3. The summed E-state index contributed by atoms with van der Waals surface area (Å²) in [5, 5.41) is 3.12. The summed E-state index contributed by atoms with van der Waals surface area (Å²) in [7, 11) is 1.91. The van der Waals surface area contributed by atoms with Crippen LogP contribution in [0.25, 0.3) is 10.6 Å². The molecular weight excluding hydrogens is 230 g/mol. The van der Waals surface area contributed by atoms with Crippen molar-refractivity contribution in [1.29, 1.82) is 0 Å². The Balaban J connectivity index is 2.05. The summed E-state index contributed by atoms with van der Waals surface area (Å²) >= 11 is 1.78. The maximum absolute atomic E-state index is 4.69. The summed E-state index contributed by atoms with van der Waals surface area (Å²) in [6.45, 7) is 2.12. The predicted molar refractivity (Wildman–Crippen MR) is 71.6 cm³/mol. The van der Waals surface area contributed by atoms with Gasteiger partial charge >= 0.3 is 0 Å². The van der Waals surface area contributed by atoms with E-state index in [2.05, 4.69) is 34.3 Å². The molecule has 0 saturated heterocycles. The quantitative estimate of drug-likeness (QED) is 0.900. The molecule has 0 spiro atoms. The molecule has 0 unspecified atom stereocenters. The van der Waals surface area contributed by atoms with Gasteiger partial charge in [0, 0.05) is 23.9 Å². The molecule has 2 aromatic heterocycles. The zero-order chi connectivity index (χ0) is 11.8. The fourth-order valence-electron chi connectivity index (χ4n) is 1.82. The topological polar surface area (TPSA) is 37.8 Å². The highest BCUT2D eigenvalue weighted by Crippen LogP contribution is 2.39. The van der Waals surface area contributed by atoms with Crippen molar-refractivity contribution in [3.63, 3.8) is 0 Å². The van der Waals surface area contributed by atoms with Gasteiger partial charge in [0.1, 0.15) is 11.6 Å². The first-order chi connectivity index (χ1) is 8.26. The van der Waals surface area contributed by atoms with E-state index in [0.717, 1.165) is 17.3 Å². The molecule has 88 valence electrons. The van der Waals surface area contributed by atoms with Gasteiger partial charge in [-0.3, -0.25) is 0 Å². The van der Waals surface area contributed by atoms with Gasteiger partial charge in [0.05, 0.1) is 10.6 Å². The van der Waals surface area contributed by atoms with Crippen molar-refractivity contribution < 1.29 is 0 Å². The maximum Gasteiger partial charge on any atom is 0.134 e. The molecule has 2 heterocycles. The van der Waals surface area contributed by atoms with Crippen LogP contribution in [0.2, 0.25) is 0 Å². The van der Waals surface area contributed by atoms with Crippen molar-refractivity contribution in [2.45, 2.75) is 25.7 Å². The molecule has 3 nitrogen and oxygen atoms in total. The molecule has 1 N–H and O–H groups in total. The molecule has 0 aromatic carbocycles. The second-order valence-electron chi connectivity index (χ2n) is 4.43. The summed E-state index contributed by atoms with van der Waals surface area (Å²) in [5.41, 5.74) is 1.05. The summed E-state index contributed by atoms with van der Waals surface area (Å²) in [4.78, 5) is 11.8. The Morgan fingerprint density at radius 3 is 2.71 bits per heavy atom. The van der Waals surface area contributed by atoms with Crippen LogP contribution in [0.15, 0.2) is 18.2 Å². The molecule has 17 heavy (non-hydrogen) atoms. The highest BCUT2D eigenvalue weighted by molar-refractivity contribution is 7.15. The molecule has 0 aliphatic heterocycles. The zero-order valence-corrected chi connectivity index (χ0v) is 10.8. The number of rotatable bonds is 3. The average molecular weight is 245 g/mol. The van der Waals surface area contributed by atoms with Gasteiger partial charge < -0.3 is 5.32 Å². The van der Waals surface area contributed by atoms with Crippen LogP contribution in [-0.4, -0.2) is 17.0 Å². The lowest BCUT2D eigenvalue weighted by Crippen LogP contribution is -2.00. The second-order valence-corrected chi connectivity index (χ2v) is 5.72. The van der Waals surface area contributed by atoms with Gasteiger partial charge in [-0.15, -0.1) is 11.3 Å². The standard InChI is InChI=1S/C13H15N3S/c1-8-3-6-11(17-8)10-7-12(14-2)16-13(15-10)9-4-5-9/h3,6-7,9H,4-5H2,1-2H3,(H,14,15,16). The smallest absolute Gasteiger partial charge is 0.134 e. The van der Waals surface area contributed by atoms with Crippen molar-refractivity contribution in [2.75, 3.05) is 12.4 Å². The fraction of sp³-hybridized carbons (Fsp3) is 0.385. The summed E-state index contributed by atoms with van der Waals surface area (Å²) in [6, 6.07) is 6.30. The second kappa shape index (κ2) is 4.11. The Labute approximate surface area is 105 Å². The number of anilines is 1. The van der Waals surface area contributed by atoms with E-state index in [-0.39, 0.29) is 0 Å². The Bertz CT molecular complexity index is 543. The van der Waals surface area contributed by atoms with Gasteiger partial charge in [0.25, 0.3) is 0 Å². The summed E-state index contributed by atoms with van der Waals surface area (Å²) in [6.07, 6.45) is 2.46. The van der Waals surface area contributed by atoms with Gasteiger partial charge in [-0.25, -0.2) is 9.97 Å². The Hall–Kier alpha value is -1.42. The van der Waals surface area contributed by atoms with E-state index in [1.165, 1.54) is 22.6 Å². The lowest BCUT2D eigenvalue weighted by molar-refractivity contribution is 0.933. The lowest BCUT2D eigenvalue weighted by Gasteiger charge is -2.05. The van der Waals surface area contributed by atoms with E-state index in [1.807, 2.05) is 13.1 Å². The highest BCUT2D eigenvalue weighted by atomic mass is 32.1. The normalized spacial score (nSPS) is 14.9. The van der Waals surface area contributed by atoms with Crippen LogP contribution < -0.4 is 5.32 Å². The minimum absolute atomic E-state index is 0.586. The molecular formula is C13H15N3S. The molecule has 0 bridgehead atoms. The third-order valence-corrected chi connectivity index (χ3v) is 3.96. The molecule has 0 amide bonds. The van der Waals surface area contributed by atoms with Gasteiger partial charge in [-0.1, -0.05) is 0 Å². The van der Waals surface area contributed by atoms with E-state index < -0.39 is 0 Å². The van der Waals surface area contributed by atoms with Crippen molar-refractivity contribution in [3.05, 3.63) is 28.9 Å². The van der Waals surface area contributed by atoms with Crippen LogP contribution in [0.1, 0.15) is 29.5 Å². The number of nitrogens with zero attached hydrogens (tertiary/aromatic N) is 2.